The molecule has 0 bridgehead atoms. The van der Waals surface area contributed by atoms with Crippen LogP contribution in [-0.2, 0) is 10.2 Å². The Morgan fingerprint density at radius 2 is 1.49 bits per heavy atom. The van der Waals surface area contributed by atoms with Crippen molar-refractivity contribution in [2.75, 3.05) is 32.7 Å². The number of piperidine rings is 1. The number of hydrogen-bond acceptors (Lipinski definition) is 3. The molecule has 2 aliphatic rings. The number of nitrogens with zero attached hydrogens (tertiary/aromatic N) is 1. The fraction of sp³-hybridized carbons (Fsp3) is 0.394. The molecular weight excluding hydrogens is 527 g/mol. The highest BCUT2D eigenvalue weighted by molar-refractivity contribution is 6.00. The second-order valence-corrected chi connectivity index (χ2v) is 11.1. The topological polar surface area (TPSA) is 61.4 Å². The van der Waals surface area contributed by atoms with E-state index >= 15 is 0 Å². The molecule has 1 heterocycles. The summed E-state index contributed by atoms with van der Waals surface area (Å²) in [5.41, 5.74) is 2.85. The number of amides is 2. The summed E-state index contributed by atoms with van der Waals surface area (Å²) in [6.45, 7) is 1.98. The summed E-state index contributed by atoms with van der Waals surface area (Å²) in [4.78, 5) is 28.5. The summed E-state index contributed by atoms with van der Waals surface area (Å²) in [7, 11) is 0. The summed E-state index contributed by atoms with van der Waals surface area (Å²) in [6, 6.07) is 24.3. The van der Waals surface area contributed by atoms with Gasteiger partial charge in [0.25, 0.3) is 5.91 Å². The minimum Gasteiger partial charge on any atom is -0.352 e. The van der Waals surface area contributed by atoms with E-state index in [1.54, 1.807) is 12.1 Å². The van der Waals surface area contributed by atoms with Crippen molar-refractivity contribution >= 4 is 11.8 Å². The zero-order chi connectivity index (χ0) is 28.9. The minimum atomic E-state index is -4.49. The maximum Gasteiger partial charge on any atom is 0.405 e. The first kappa shape index (κ1) is 28.9. The summed E-state index contributed by atoms with van der Waals surface area (Å²) in [5, 5.41) is 5.27. The van der Waals surface area contributed by atoms with Crippen LogP contribution in [0.15, 0.2) is 78.9 Å². The normalized spacial score (nSPS) is 17.9. The van der Waals surface area contributed by atoms with Crippen molar-refractivity contribution in [2.45, 2.75) is 43.7 Å². The number of likely N-dealkylation sites (tertiary alicyclic amines) is 1. The van der Waals surface area contributed by atoms with Crippen molar-refractivity contribution in [1.29, 1.82) is 0 Å². The van der Waals surface area contributed by atoms with Gasteiger partial charge in [-0.3, -0.25) is 9.59 Å². The predicted octanol–water partition coefficient (Wildman–Crippen LogP) is 5.94. The monoisotopic (exact) mass is 563 g/mol. The molecular formula is C33H36F3N3O2. The van der Waals surface area contributed by atoms with E-state index in [2.05, 4.69) is 15.5 Å². The van der Waals surface area contributed by atoms with Gasteiger partial charge in [0.2, 0.25) is 5.91 Å². The molecule has 1 saturated heterocycles. The number of fused-ring (bicyclic) bond motifs is 3. The van der Waals surface area contributed by atoms with E-state index in [1.807, 2.05) is 66.7 Å². The minimum absolute atomic E-state index is 0.0612. The SMILES string of the molecule is O=C(NCC1CCCN(CCCCC2(C(=O)NCC(F)(F)F)c3ccccc3-c3ccccc32)C1)c1ccccc1. The van der Waals surface area contributed by atoms with E-state index in [0.717, 1.165) is 61.2 Å². The van der Waals surface area contributed by atoms with Gasteiger partial charge in [-0.2, -0.15) is 13.2 Å². The van der Waals surface area contributed by atoms with Crippen LogP contribution in [0.25, 0.3) is 11.1 Å². The van der Waals surface area contributed by atoms with Crippen molar-refractivity contribution in [3.05, 3.63) is 95.6 Å². The highest BCUT2D eigenvalue weighted by atomic mass is 19.4. The molecule has 3 aromatic carbocycles. The third-order valence-corrected chi connectivity index (χ3v) is 8.37. The average molecular weight is 564 g/mol. The van der Waals surface area contributed by atoms with Gasteiger partial charge >= 0.3 is 6.18 Å². The summed E-state index contributed by atoms with van der Waals surface area (Å²) in [5.74, 6) is -0.294. The lowest BCUT2D eigenvalue weighted by Crippen LogP contribution is -2.47. The molecule has 3 aromatic rings. The highest BCUT2D eigenvalue weighted by Crippen LogP contribution is 2.51. The largest absolute Gasteiger partial charge is 0.405 e. The first-order valence-electron chi connectivity index (χ1n) is 14.4. The molecule has 1 unspecified atom stereocenters. The Bertz CT molecular complexity index is 1310. The van der Waals surface area contributed by atoms with Gasteiger partial charge in [-0.1, -0.05) is 73.2 Å². The summed E-state index contributed by atoms with van der Waals surface area (Å²) >= 11 is 0. The van der Waals surface area contributed by atoms with Crippen LogP contribution >= 0.6 is 0 Å². The molecule has 5 rings (SSSR count). The molecule has 0 saturated carbocycles. The molecule has 41 heavy (non-hydrogen) atoms. The van der Waals surface area contributed by atoms with Crippen molar-refractivity contribution in [1.82, 2.24) is 15.5 Å². The van der Waals surface area contributed by atoms with Crippen LogP contribution in [0.4, 0.5) is 13.2 Å². The Balaban J connectivity index is 1.22. The number of halogens is 3. The maximum atomic E-state index is 13.7. The molecule has 1 aliphatic carbocycles. The zero-order valence-corrected chi connectivity index (χ0v) is 23.1. The van der Waals surface area contributed by atoms with Crippen molar-refractivity contribution in [3.63, 3.8) is 0 Å². The number of unbranched alkanes of at least 4 members (excludes halogenated alkanes) is 1. The Morgan fingerprint density at radius 3 is 2.15 bits per heavy atom. The number of benzene rings is 3. The van der Waals surface area contributed by atoms with Gasteiger partial charge in [0, 0.05) is 18.7 Å². The molecule has 2 N–H and O–H groups in total. The predicted molar refractivity (Wildman–Crippen MR) is 154 cm³/mol. The number of rotatable bonds is 10. The lowest BCUT2D eigenvalue weighted by Gasteiger charge is -2.34. The molecule has 2 amide bonds. The van der Waals surface area contributed by atoms with Gasteiger partial charge in [0.15, 0.2) is 0 Å². The number of nitrogens with one attached hydrogen (secondary N) is 2. The highest BCUT2D eigenvalue weighted by Gasteiger charge is 2.49. The second kappa shape index (κ2) is 12.5. The van der Waals surface area contributed by atoms with Gasteiger partial charge in [-0.15, -0.1) is 0 Å². The third-order valence-electron chi connectivity index (χ3n) is 8.37. The average Bonchev–Trinajstić information content (AvgIpc) is 3.28. The van der Waals surface area contributed by atoms with Crippen molar-refractivity contribution in [2.24, 2.45) is 5.92 Å². The smallest absolute Gasteiger partial charge is 0.352 e. The summed E-state index contributed by atoms with van der Waals surface area (Å²) in [6.07, 6.45) is -0.442. The van der Waals surface area contributed by atoms with Crippen molar-refractivity contribution in [3.8, 4) is 11.1 Å². The van der Waals surface area contributed by atoms with Crippen LogP contribution in [0, 0.1) is 5.92 Å². The van der Waals surface area contributed by atoms with Gasteiger partial charge in [-0.05, 0) is 79.1 Å². The third kappa shape index (κ3) is 6.48. The lowest BCUT2D eigenvalue weighted by molar-refractivity contribution is -0.141. The van der Waals surface area contributed by atoms with Gasteiger partial charge in [-0.25, -0.2) is 0 Å². The van der Waals surface area contributed by atoms with Gasteiger partial charge in [0.1, 0.15) is 12.0 Å². The van der Waals surface area contributed by atoms with E-state index in [4.69, 9.17) is 0 Å². The Labute approximate surface area is 239 Å². The number of alkyl halides is 3. The standard InChI is InChI=1S/C33H36F3N3O2/c34-33(35,36)23-38-31(41)32(28-16-6-4-14-26(28)27-15-5-7-17-29(27)32)18-8-9-19-39-20-10-11-24(22-39)21-37-30(40)25-12-2-1-3-13-25/h1-7,12-17,24H,8-11,18-23H2,(H,37,40)(H,38,41). The first-order valence-corrected chi connectivity index (χ1v) is 14.4. The van der Waals surface area contributed by atoms with Crippen LogP contribution in [0.2, 0.25) is 0 Å². The number of carbonyl (C=O) groups excluding carboxylic acids is 2. The lowest BCUT2D eigenvalue weighted by atomic mass is 9.73. The zero-order valence-electron chi connectivity index (χ0n) is 23.1. The molecule has 1 fully saturated rings. The number of carbonyl (C=O) groups is 2. The molecule has 0 aromatic heterocycles. The molecule has 1 atom stereocenters. The number of hydrogen-bond donors (Lipinski definition) is 2. The van der Waals surface area contributed by atoms with Gasteiger partial charge in [0.05, 0.1) is 0 Å². The van der Waals surface area contributed by atoms with Crippen LogP contribution in [-0.4, -0.2) is 55.6 Å². The maximum absolute atomic E-state index is 13.7. The van der Waals surface area contributed by atoms with Crippen molar-refractivity contribution < 1.29 is 22.8 Å². The Kier molecular flexibility index (Phi) is 8.78. The molecule has 1 aliphatic heterocycles. The van der Waals surface area contributed by atoms with E-state index in [-0.39, 0.29) is 5.91 Å². The van der Waals surface area contributed by atoms with E-state index in [1.165, 1.54) is 0 Å². The first-order chi connectivity index (χ1) is 19.8. The molecule has 0 radical (unpaired) electrons. The molecule has 5 nitrogen and oxygen atoms in total. The Hall–Kier alpha value is -3.65. The van der Waals surface area contributed by atoms with Crippen LogP contribution in [0.5, 0.6) is 0 Å². The van der Waals surface area contributed by atoms with Gasteiger partial charge < -0.3 is 15.5 Å². The molecule has 8 heteroatoms. The summed E-state index contributed by atoms with van der Waals surface area (Å²) < 4.78 is 39.3. The van der Waals surface area contributed by atoms with E-state index in [0.29, 0.717) is 30.9 Å². The fourth-order valence-corrected chi connectivity index (χ4v) is 6.46. The second-order valence-electron chi connectivity index (χ2n) is 11.1. The van der Waals surface area contributed by atoms with Crippen LogP contribution in [0.1, 0.15) is 53.6 Å². The molecule has 0 spiro atoms. The molecule has 216 valence electrons. The Morgan fingerprint density at radius 1 is 0.854 bits per heavy atom. The quantitative estimate of drug-likeness (QED) is 0.300. The van der Waals surface area contributed by atoms with E-state index < -0.39 is 24.0 Å². The van der Waals surface area contributed by atoms with Crippen LogP contribution < -0.4 is 10.6 Å². The van der Waals surface area contributed by atoms with Crippen LogP contribution in [0.3, 0.4) is 0 Å². The fourth-order valence-electron chi connectivity index (χ4n) is 6.46. The van der Waals surface area contributed by atoms with E-state index in [9.17, 15) is 22.8 Å².